The summed E-state index contributed by atoms with van der Waals surface area (Å²) in [7, 11) is 0. The van der Waals surface area contributed by atoms with Gasteiger partial charge in [-0.2, -0.15) is 0 Å². The lowest BCUT2D eigenvalue weighted by atomic mass is 9.97. The third-order valence-electron chi connectivity index (χ3n) is 1.64. The van der Waals surface area contributed by atoms with Gasteiger partial charge in [0.25, 0.3) is 5.79 Å². The van der Waals surface area contributed by atoms with Crippen molar-refractivity contribution in [3.05, 3.63) is 0 Å². The number of hydrogen-bond acceptors (Lipinski definition) is 7. The Bertz CT molecular complexity index is 268. The van der Waals surface area contributed by atoms with E-state index in [2.05, 4.69) is 0 Å². The summed E-state index contributed by atoms with van der Waals surface area (Å²) in [6, 6.07) is 0. The Kier molecular flexibility index (Phi) is 3.74. The molecule has 0 radical (unpaired) electrons. The van der Waals surface area contributed by atoms with Crippen LogP contribution < -0.4 is 0 Å². The van der Waals surface area contributed by atoms with Gasteiger partial charge in [0, 0.05) is 0 Å². The average molecular weight is 226 g/mol. The van der Waals surface area contributed by atoms with Crippen LogP contribution in [-0.2, 0) is 9.59 Å². The summed E-state index contributed by atoms with van der Waals surface area (Å²) in [6.07, 6.45) is -3.86. The number of carbonyl (C=O) groups is 2. The van der Waals surface area contributed by atoms with E-state index in [4.69, 9.17) is 35.7 Å². The standard InChI is InChI=1S/C6H10O9/c7-2(1-3(8)9)5(12,13)6(14,15)4(10)11/h2,7,12-15H,1H2,(H,8,9)(H,10,11). The zero-order valence-corrected chi connectivity index (χ0v) is 7.23. The first-order valence-corrected chi connectivity index (χ1v) is 3.56. The van der Waals surface area contributed by atoms with Crippen LogP contribution in [0, 0.1) is 0 Å². The van der Waals surface area contributed by atoms with Gasteiger partial charge in [0.2, 0.25) is 0 Å². The molecule has 7 N–H and O–H groups in total. The molecule has 1 unspecified atom stereocenters. The topological polar surface area (TPSA) is 176 Å². The maximum Gasteiger partial charge on any atom is 0.370 e. The summed E-state index contributed by atoms with van der Waals surface area (Å²) in [5.41, 5.74) is 0. The normalized spacial score (nSPS) is 14.7. The lowest BCUT2D eigenvalue weighted by Gasteiger charge is -2.34. The lowest BCUT2D eigenvalue weighted by Crippen LogP contribution is -2.65. The SMILES string of the molecule is O=C(O)CC(O)C(O)(O)C(O)(O)C(=O)O. The summed E-state index contributed by atoms with van der Waals surface area (Å²) in [5.74, 6) is -12.1. The molecule has 88 valence electrons. The average Bonchev–Trinajstić information content (AvgIpc) is 2.01. The quantitative estimate of drug-likeness (QED) is 0.232. The van der Waals surface area contributed by atoms with Crippen LogP contribution in [0.25, 0.3) is 0 Å². The second kappa shape index (κ2) is 4.08. The van der Waals surface area contributed by atoms with E-state index in [9.17, 15) is 9.59 Å². The Hall–Kier alpha value is -1.26. The predicted octanol–water partition coefficient (Wildman–Crippen LogP) is -3.73. The minimum absolute atomic E-state index is 1.27. The first-order valence-electron chi connectivity index (χ1n) is 3.56. The molecule has 15 heavy (non-hydrogen) atoms. The first kappa shape index (κ1) is 13.7. The Morgan fingerprint density at radius 1 is 1.07 bits per heavy atom. The van der Waals surface area contributed by atoms with E-state index in [1.165, 1.54) is 0 Å². The fourth-order valence-corrected chi connectivity index (χ4v) is 0.697. The van der Waals surface area contributed by atoms with Crippen LogP contribution in [0.3, 0.4) is 0 Å². The fourth-order valence-electron chi connectivity index (χ4n) is 0.697. The Labute approximate surface area is 82.4 Å². The molecule has 9 heteroatoms. The highest BCUT2D eigenvalue weighted by molar-refractivity contribution is 5.76. The van der Waals surface area contributed by atoms with E-state index < -0.39 is 36.0 Å². The number of rotatable bonds is 5. The van der Waals surface area contributed by atoms with Crippen LogP contribution in [0.4, 0.5) is 0 Å². The van der Waals surface area contributed by atoms with Crippen molar-refractivity contribution in [3.8, 4) is 0 Å². The van der Waals surface area contributed by atoms with Crippen molar-refractivity contribution in [2.24, 2.45) is 0 Å². The summed E-state index contributed by atoms with van der Waals surface area (Å²) in [5, 5.41) is 60.4. The molecule has 0 aromatic heterocycles. The molecule has 0 aromatic carbocycles. The Balaban J connectivity index is 4.95. The van der Waals surface area contributed by atoms with Gasteiger partial charge in [-0.05, 0) is 0 Å². The number of aliphatic hydroxyl groups is 5. The molecule has 0 rings (SSSR count). The first-order chi connectivity index (χ1) is 6.53. The third kappa shape index (κ3) is 2.61. The smallest absolute Gasteiger partial charge is 0.370 e. The molecular weight excluding hydrogens is 216 g/mol. The molecule has 0 bridgehead atoms. The molecule has 0 aromatic rings. The molecule has 0 heterocycles. The molecule has 1 atom stereocenters. The molecule has 0 amide bonds. The highest BCUT2D eigenvalue weighted by atomic mass is 16.6. The molecule has 0 aliphatic carbocycles. The minimum Gasteiger partial charge on any atom is -0.481 e. The van der Waals surface area contributed by atoms with E-state index >= 15 is 0 Å². The van der Waals surface area contributed by atoms with Crippen molar-refractivity contribution in [3.63, 3.8) is 0 Å². The number of carboxylic acids is 2. The number of aliphatic hydroxyl groups excluding tert-OH is 1. The maximum absolute atomic E-state index is 10.2. The lowest BCUT2D eigenvalue weighted by molar-refractivity contribution is -0.370. The van der Waals surface area contributed by atoms with E-state index in [0.29, 0.717) is 0 Å². The second-order valence-corrected chi connectivity index (χ2v) is 2.82. The Morgan fingerprint density at radius 2 is 1.47 bits per heavy atom. The van der Waals surface area contributed by atoms with Gasteiger partial charge in [0.05, 0.1) is 6.42 Å². The number of aliphatic carboxylic acids is 2. The highest BCUT2D eigenvalue weighted by Gasteiger charge is 2.58. The monoisotopic (exact) mass is 226 g/mol. The van der Waals surface area contributed by atoms with Crippen molar-refractivity contribution >= 4 is 11.9 Å². The molecule has 0 spiro atoms. The fraction of sp³-hybridized carbons (Fsp3) is 0.667. The zero-order valence-electron chi connectivity index (χ0n) is 7.23. The highest BCUT2D eigenvalue weighted by Crippen LogP contribution is 2.23. The molecule has 0 aliphatic rings. The zero-order chi connectivity index (χ0) is 12.4. The minimum atomic E-state index is -4.08. The van der Waals surface area contributed by atoms with Crippen molar-refractivity contribution in [2.45, 2.75) is 24.1 Å². The molecule has 0 fully saturated rings. The third-order valence-corrected chi connectivity index (χ3v) is 1.64. The number of carboxylic acid groups (broad SMARTS) is 2. The van der Waals surface area contributed by atoms with Crippen LogP contribution in [0.15, 0.2) is 0 Å². The summed E-state index contributed by atoms with van der Waals surface area (Å²) < 4.78 is 0. The van der Waals surface area contributed by atoms with Crippen LogP contribution in [0.1, 0.15) is 6.42 Å². The van der Waals surface area contributed by atoms with Crippen molar-refractivity contribution in [1.29, 1.82) is 0 Å². The van der Waals surface area contributed by atoms with Gasteiger partial charge in [-0.15, -0.1) is 0 Å². The van der Waals surface area contributed by atoms with E-state index in [1.807, 2.05) is 0 Å². The van der Waals surface area contributed by atoms with Gasteiger partial charge in [0.15, 0.2) is 0 Å². The second-order valence-electron chi connectivity index (χ2n) is 2.82. The summed E-state index contributed by atoms with van der Waals surface area (Å²) in [6.45, 7) is 0. The van der Waals surface area contributed by atoms with Crippen molar-refractivity contribution < 1.29 is 45.3 Å². The number of hydrogen-bond donors (Lipinski definition) is 7. The van der Waals surface area contributed by atoms with Crippen LogP contribution >= 0.6 is 0 Å². The van der Waals surface area contributed by atoms with Gasteiger partial charge < -0.3 is 35.7 Å². The molecule has 9 nitrogen and oxygen atoms in total. The largest absolute Gasteiger partial charge is 0.481 e. The van der Waals surface area contributed by atoms with Crippen molar-refractivity contribution in [1.82, 2.24) is 0 Å². The van der Waals surface area contributed by atoms with Crippen molar-refractivity contribution in [2.75, 3.05) is 0 Å². The van der Waals surface area contributed by atoms with Gasteiger partial charge in [-0.3, -0.25) is 4.79 Å². The van der Waals surface area contributed by atoms with Crippen LogP contribution in [0.5, 0.6) is 0 Å². The maximum atomic E-state index is 10.2. The van der Waals surface area contributed by atoms with Gasteiger partial charge in [0.1, 0.15) is 6.10 Å². The predicted molar refractivity (Wildman–Crippen MR) is 40.2 cm³/mol. The Morgan fingerprint density at radius 3 is 1.73 bits per heavy atom. The van der Waals surface area contributed by atoms with E-state index in [-0.39, 0.29) is 0 Å². The summed E-state index contributed by atoms with van der Waals surface area (Å²) >= 11 is 0. The molecule has 0 aliphatic heterocycles. The van der Waals surface area contributed by atoms with Gasteiger partial charge in [-0.1, -0.05) is 0 Å². The van der Waals surface area contributed by atoms with Crippen LogP contribution in [0.2, 0.25) is 0 Å². The summed E-state index contributed by atoms with van der Waals surface area (Å²) in [4.78, 5) is 20.2. The molecular formula is C6H10O9. The van der Waals surface area contributed by atoms with E-state index in [1.54, 1.807) is 0 Å². The van der Waals surface area contributed by atoms with Gasteiger partial charge >= 0.3 is 17.7 Å². The molecule has 0 saturated carbocycles. The van der Waals surface area contributed by atoms with E-state index in [0.717, 1.165) is 0 Å². The van der Waals surface area contributed by atoms with Crippen LogP contribution in [-0.4, -0.2) is 65.4 Å². The van der Waals surface area contributed by atoms with Gasteiger partial charge in [-0.25, -0.2) is 4.79 Å². The molecule has 0 saturated heterocycles.